The van der Waals surface area contributed by atoms with Gasteiger partial charge in [-0.15, -0.1) is 0 Å². The molecule has 2 fully saturated rings. The van der Waals surface area contributed by atoms with Gasteiger partial charge in [-0.05, 0) is 30.7 Å². The standard InChI is InChI=1S/C14H29N3/c1-13(2)10-16-6-8-17(9-7-16)12-14(11-15)4-3-5-14/h13H,3-12,15H2,1-2H3. The van der Waals surface area contributed by atoms with Gasteiger partial charge in [-0.3, -0.25) is 0 Å². The van der Waals surface area contributed by atoms with Gasteiger partial charge in [-0.2, -0.15) is 0 Å². The van der Waals surface area contributed by atoms with Crippen LogP contribution in [0.1, 0.15) is 33.1 Å². The topological polar surface area (TPSA) is 32.5 Å². The van der Waals surface area contributed by atoms with E-state index in [1.807, 2.05) is 0 Å². The van der Waals surface area contributed by atoms with Gasteiger partial charge in [-0.1, -0.05) is 20.3 Å². The number of rotatable bonds is 5. The van der Waals surface area contributed by atoms with Crippen LogP contribution >= 0.6 is 0 Å². The molecule has 0 aromatic carbocycles. The Morgan fingerprint density at radius 3 is 2.06 bits per heavy atom. The van der Waals surface area contributed by atoms with Crippen LogP contribution in [-0.2, 0) is 0 Å². The van der Waals surface area contributed by atoms with E-state index in [4.69, 9.17) is 5.73 Å². The largest absolute Gasteiger partial charge is 0.330 e. The number of piperazine rings is 1. The van der Waals surface area contributed by atoms with Crippen LogP contribution < -0.4 is 5.73 Å². The minimum atomic E-state index is 0.486. The van der Waals surface area contributed by atoms with Crippen LogP contribution in [0, 0.1) is 11.3 Å². The SMILES string of the molecule is CC(C)CN1CCN(CC2(CN)CCC2)CC1. The Morgan fingerprint density at radius 2 is 1.65 bits per heavy atom. The minimum absolute atomic E-state index is 0.486. The molecule has 1 aliphatic heterocycles. The molecular formula is C14H29N3. The molecule has 0 atom stereocenters. The van der Waals surface area contributed by atoms with Crippen LogP contribution in [0.4, 0.5) is 0 Å². The molecule has 3 heteroatoms. The van der Waals surface area contributed by atoms with Crippen LogP contribution in [0.5, 0.6) is 0 Å². The number of hydrogen-bond acceptors (Lipinski definition) is 3. The van der Waals surface area contributed by atoms with Crippen molar-refractivity contribution < 1.29 is 0 Å². The van der Waals surface area contributed by atoms with E-state index in [0.29, 0.717) is 5.41 Å². The molecule has 0 radical (unpaired) electrons. The van der Waals surface area contributed by atoms with Gasteiger partial charge in [0.1, 0.15) is 0 Å². The van der Waals surface area contributed by atoms with E-state index in [1.165, 1.54) is 58.5 Å². The van der Waals surface area contributed by atoms with Crippen molar-refractivity contribution >= 4 is 0 Å². The van der Waals surface area contributed by atoms with Crippen LogP contribution in [0.15, 0.2) is 0 Å². The van der Waals surface area contributed by atoms with Crippen LogP contribution in [0.2, 0.25) is 0 Å². The van der Waals surface area contributed by atoms with Crippen molar-refractivity contribution in [1.29, 1.82) is 0 Å². The summed E-state index contributed by atoms with van der Waals surface area (Å²) in [5, 5.41) is 0. The van der Waals surface area contributed by atoms with E-state index in [1.54, 1.807) is 0 Å². The zero-order valence-electron chi connectivity index (χ0n) is 11.6. The molecular weight excluding hydrogens is 210 g/mol. The molecule has 2 N–H and O–H groups in total. The highest BCUT2D eigenvalue weighted by Crippen LogP contribution is 2.40. The molecule has 3 nitrogen and oxygen atoms in total. The summed E-state index contributed by atoms with van der Waals surface area (Å²) in [7, 11) is 0. The molecule has 1 aliphatic carbocycles. The average Bonchev–Trinajstić information content (AvgIpc) is 2.25. The summed E-state index contributed by atoms with van der Waals surface area (Å²) < 4.78 is 0. The molecule has 0 amide bonds. The van der Waals surface area contributed by atoms with Crippen LogP contribution in [0.3, 0.4) is 0 Å². The Labute approximate surface area is 106 Å². The molecule has 0 aromatic rings. The second kappa shape index (κ2) is 5.68. The van der Waals surface area contributed by atoms with Gasteiger partial charge in [0.05, 0.1) is 0 Å². The summed E-state index contributed by atoms with van der Waals surface area (Å²) in [6.45, 7) is 13.0. The Balaban J connectivity index is 1.72. The molecule has 2 rings (SSSR count). The summed E-state index contributed by atoms with van der Waals surface area (Å²) >= 11 is 0. The maximum atomic E-state index is 5.94. The van der Waals surface area contributed by atoms with Crippen molar-refractivity contribution in [2.75, 3.05) is 45.8 Å². The third-order valence-corrected chi connectivity index (χ3v) is 4.49. The fraction of sp³-hybridized carbons (Fsp3) is 1.00. The summed E-state index contributed by atoms with van der Waals surface area (Å²) in [6.07, 6.45) is 4.11. The third kappa shape index (κ3) is 3.43. The van der Waals surface area contributed by atoms with Gasteiger partial charge in [0.2, 0.25) is 0 Å². The van der Waals surface area contributed by atoms with Gasteiger partial charge in [0, 0.05) is 39.3 Å². The number of nitrogens with zero attached hydrogens (tertiary/aromatic N) is 2. The van der Waals surface area contributed by atoms with E-state index in [9.17, 15) is 0 Å². The van der Waals surface area contributed by atoms with Crippen molar-refractivity contribution in [1.82, 2.24) is 9.80 Å². The van der Waals surface area contributed by atoms with E-state index in [2.05, 4.69) is 23.6 Å². The van der Waals surface area contributed by atoms with Crippen molar-refractivity contribution in [2.45, 2.75) is 33.1 Å². The Kier molecular flexibility index (Phi) is 4.45. The van der Waals surface area contributed by atoms with Gasteiger partial charge in [0.25, 0.3) is 0 Å². The number of nitrogens with two attached hydrogens (primary N) is 1. The first kappa shape index (κ1) is 13.3. The van der Waals surface area contributed by atoms with E-state index in [-0.39, 0.29) is 0 Å². The molecule has 0 unspecified atom stereocenters. The Bertz CT molecular complexity index is 222. The predicted molar refractivity (Wildman–Crippen MR) is 73.1 cm³/mol. The molecule has 17 heavy (non-hydrogen) atoms. The second-order valence-corrected chi connectivity index (χ2v) is 6.53. The average molecular weight is 239 g/mol. The molecule has 1 heterocycles. The fourth-order valence-electron chi connectivity index (χ4n) is 3.22. The second-order valence-electron chi connectivity index (χ2n) is 6.53. The lowest BCUT2D eigenvalue weighted by atomic mass is 9.68. The maximum Gasteiger partial charge on any atom is 0.0110 e. The van der Waals surface area contributed by atoms with E-state index < -0.39 is 0 Å². The molecule has 0 bridgehead atoms. The van der Waals surface area contributed by atoms with Gasteiger partial charge in [-0.25, -0.2) is 0 Å². The van der Waals surface area contributed by atoms with E-state index in [0.717, 1.165) is 12.5 Å². The van der Waals surface area contributed by atoms with Gasteiger partial charge >= 0.3 is 0 Å². The van der Waals surface area contributed by atoms with Crippen molar-refractivity contribution in [2.24, 2.45) is 17.1 Å². The molecule has 1 saturated carbocycles. The third-order valence-electron chi connectivity index (χ3n) is 4.49. The zero-order chi connectivity index (χ0) is 12.3. The van der Waals surface area contributed by atoms with Gasteiger partial charge in [0.15, 0.2) is 0 Å². The highest BCUT2D eigenvalue weighted by atomic mass is 15.3. The molecule has 1 saturated heterocycles. The summed E-state index contributed by atoms with van der Waals surface area (Å²) in [4.78, 5) is 5.25. The highest BCUT2D eigenvalue weighted by Gasteiger charge is 2.37. The highest BCUT2D eigenvalue weighted by molar-refractivity contribution is 4.92. The van der Waals surface area contributed by atoms with Crippen LogP contribution in [-0.4, -0.2) is 55.6 Å². The molecule has 0 aromatic heterocycles. The molecule has 0 spiro atoms. The first-order valence-corrected chi connectivity index (χ1v) is 7.28. The predicted octanol–water partition coefficient (Wildman–Crippen LogP) is 1.39. The molecule has 2 aliphatic rings. The summed E-state index contributed by atoms with van der Waals surface area (Å²) in [5.74, 6) is 0.795. The van der Waals surface area contributed by atoms with Crippen LogP contribution in [0.25, 0.3) is 0 Å². The first-order chi connectivity index (χ1) is 8.13. The summed E-state index contributed by atoms with van der Waals surface area (Å²) in [6, 6.07) is 0. The monoisotopic (exact) mass is 239 g/mol. The molecule has 100 valence electrons. The van der Waals surface area contributed by atoms with Gasteiger partial charge < -0.3 is 15.5 Å². The normalized spacial score (nSPS) is 26.1. The van der Waals surface area contributed by atoms with Crippen molar-refractivity contribution in [3.05, 3.63) is 0 Å². The maximum absolute atomic E-state index is 5.94. The number of hydrogen-bond donors (Lipinski definition) is 1. The smallest absolute Gasteiger partial charge is 0.0110 e. The zero-order valence-corrected chi connectivity index (χ0v) is 11.6. The first-order valence-electron chi connectivity index (χ1n) is 7.28. The quantitative estimate of drug-likeness (QED) is 0.787. The minimum Gasteiger partial charge on any atom is -0.330 e. The lowest BCUT2D eigenvalue weighted by molar-refractivity contribution is 0.0411. The van der Waals surface area contributed by atoms with Crippen molar-refractivity contribution in [3.63, 3.8) is 0 Å². The Morgan fingerprint density at radius 1 is 1.06 bits per heavy atom. The van der Waals surface area contributed by atoms with E-state index >= 15 is 0 Å². The van der Waals surface area contributed by atoms with Crippen molar-refractivity contribution in [3.8, 4) is 0 Å². The lowest BCUT2D eigenvalue weighted by Gasteiger charge is -2.46. The fourth-order valence-corrected chi connectivity index (χ4v) is 3.22. The lowest BCUT2D eigenvalue weighted by Crippen LogP contribution is -2.53. The summed E-state index contributed by atoms with van der Waals surface area (Å²) in [5.41, 5.74) is 6.43. The Hall–Kier alpha value is -0.120.